The van der Waals surface area contributed by atoms with Crippen molar-refractivity contribution in [1.82, 2.24) is 0 Å². The van der Waals surface area contributed by atoms with Crippen molar-refractivity contribution in [2.24, 2.45) is 0 Å². The molecular weight excluding hydrogens is 455 g/mol. The Labute approximate surface area is 224 Å². The quantitative estimate of drug-likeness (QED) is 0.175. The van der Waals surface area contributed by atoms with Crippen molar-refractivity contribution < 1.29 is 0 Å². The molecule has 178 valence electrons. The first kappa shape index (κ1) is 21.7. The van der Waals surface area contributed by atoms with Gasteiger partial charge in [-0.05, 0) is 92.5 Å². The highest BCUT2D eigenvalue weighted by atomic mass is 14.2. The van der Waals surface area contributed by atoms with Gasteiger partial charge in [0.2, 0.25) is 6.71 Å². The average molecular weight is 482 g/mol. The first-order valence-electron chi connectivity index (χ1n) is 13.6. The highest BCUT2D eigenvalue weighted by molar-refractivity contribution is 6.98. The van der Waals surface area contributed by atoms with Crippen LogP contribution in [0.5, 0.6) is 0 Å². The fraction of sp³-hybridized carbons (Fsp3) is 0.0811. The van der Waals surface area contributed by atoms with E-state index in [9.17, 15) is 0 Å². The molecule has 1 aliphatic heterocycles. The van der Waals surface area contributed by atoms with E-state index in [4.69, 9.17) is 0 Å². The molecule has 1 heterocycles. The summed E-state index contributed by atoms with van der Waals surface area (Å²) in [7, 11) is 0. The van der Waals surface area contributed by atoms with Gasteiger partial charge in [-0.3, -0.25) is 0 Å². The van der Waals surface area contributed by atoms with Crippen molar-refractivity contribution >= 4 is 55.4 Å². The number of rotatable bonds is 2. The lowest BCUT2D eigenvalue weighted by Crippen LogP contribution is -2.54. The fourth-order valence-electron chi connectivity index (χ4n) is 7.38. The molecule has 8 rings (SSSR count). The van der Waals surface area contributed by atoms with E-state index in [2.05, 4.69) is 130 Å². The summed E-state index contributed by atoms with van der Waals surface area (Å²) >= 11 is 0. The van der Waals surface area contributed by atoms with E-state index < -0.39 is 0 Å². The summed E-state index contributed by atoms with van der Waals surface area (Å²) in [6.45, 7) is 6.92. The monoisotopic (exact) mass is 482 g/mol. The van der Waals surface area contributed by atoms with Gasteiger partial charge >= 0.3 is 0 Å². The molecule has 0 spiro atoms. The van der Waals surface area contributed by atoms with Gasteiger partial charge in [0.05, 0.1) is 0 Å². The van der Waals surface area contributed by atoms with Gasteiger partial charge in [0.1, 0.15) is 0 Å². The van der Waals surface area contributed by atoms with Crippen LogP contribution in [0.25, 0.3) is 54.6 Å². The third-order valence-corrected chi connectivity index (χ3v) is 8.75. The fourth-order valence-corrected chi connectivity index (χ4v) is 7.38. The van der Waals surface area contributed by atoms with Crippen LogP contribution in [0.4, 0.5) is 0 Å². The van der Waals surface area contributed by atoms with Gasteiger partial charge in [0.15, 0.2) is 0 Å². The van der Waals surface area contributed by atoms with Gasteiger partial charge < -0.3 is 0 Å². The maximum atomic E-state index is 2.45. The number of fused-ring (bicyclic) bond motifs is 2. The molecule has 0 bridgehead atoms. The lowest BCUT2D eigenvalue weighted by atomic mass is 9.33. The smallest absolute Gasteiger partial charge is 0.0686 e. The summed E-state index contributed by atoms with van der Waals surface area (Å²) < 4.78 is 0. The molecule has 38 heavy (non-hydrogen) atoms. The highest BCUT2D eigenvalue weighted by Gasteiger charge is 2.32. The second kappa shape index (κ2) is 7.82. The Morgan fingerprint density at radius 2 is 1.18 bits per heavy atom. The Morgan fingerprint density at radius 3 is 2.00 bits per heavy atom. The zero-order valence-electron chi connectivity index (χ0n) is 22.0. The van der Waals surface area contributed by atoms with Crippen molar-refractivity contribution in [3.8, 4) is 22.3 Å². The molecule has 0 saturated carbocycles. The van der Waals surface area contributed by atoms with Gasteiger partial charge in [0.25, 0.3) is 0 Å². The minimum atomic E-state index is 0.227. The van der Waals surface area contributed by atoms with Gasteiger partial charge in [-0.2, -0.15) is 0 Å². The molecule has 0 aromatic heterocycles. The molecular formula is C37H27B. The molecule has 0 nitrogen and oxygen atoms in total. The van der Waals surface area contributed by atoms with Crippen LogP contribution in [0.1, 0.15) is 16.7 Å². The zero-order valence-corrected chi connectivity index (χ0v) is 22.0. The van der Waals surface area contributed by atoms with Gasteiger partial charge in [0, 0.05) is 0 Å². The molecule has 0 aliphatic carbocycles. The second-order valence-electron chi connectivity index (χ2n) is 11.1. The third kappa shape index (κ3) is 2.88. The highest BCUT2D eigenvalue weighted by Crippen LogP contribution is 2.44. The van der Waals surface area contributed by atoms with Crippen LogP contribution in [-0.4, -0.2) is 6.71 Å². The minimum Gasteiger partial charge on any atom is -0.0686 e. The van der Waals surface area contributed by atoms with E-state index in [0.717, 1.165) is 0 Å². The van der Waals surface area contributed by atoms with E-state index in [0.29, 0.717) is 0 Å². The van der Waals surface area contributed by atoms with Crippen LogP contribution in [0, 0.1) is 20.8 Å². The largest absolute Gasteiger partial charge is 0.242 e. The summed E-state index contributed by atoms with van der Waals surface area (Å²) in [5.74, 6) is 0. The van der Waals surface area contributed by atoms with E-state index >= 15 is 0 Å². The molecule has 0 amide bonds. The topological polar surface area (TPSA) is 0 Å². The Bertz CT molecular complexity index is 2030. The lowest BCUT2D eigenvalue weighted by molar-refractivity contribution is 1.32. The van der Waals surface area contributed by atoms with Crippen molar-refractivity contribution in [3.05, 3.63) is 126 Å². The third-order valence-electron chi connectivity index (χ3n) is 8.75. The Morgan fingerprint density at radius 1 is 0.474 bits per heavy atom. The van der Waals surface area contributed by atoms with Crippen LogP contribution in [0.3, 0.4) is 0 Å². The van der Waals surface area contributed by atoms with Crippen molar-refractivity contribution in [1.29, 1.82) is 0 Å². The van der Waals surface area contributed by atoms with Gasteiger partial charge in [-0.1, -0.05) is 125 Å². The predicted octanol–water partition coefficient (Wildman–Crippen LogP) is 7.67. The van der Waals surface area contributed by atoms with Crippen molar-refractivity contribution in [2.45, 2.75) is 20.8 Å². The van der Waals surface area contributed by atoms with E-state index in [-0.39, 0.29) is 6.71 Å². The van der Waals surface area contributed by atoms with E-state index in [1.165, 1.54) is 87.6 Å². The van der Waals surface area contributed by atoms with Crippen molar-refractivity contribution in [2.75, 3.05) is 0 Å². The van der Waals surface area contributed by atoms with Gasteiger partial charge in [-0.25, -0.2) is 0 Å². The molecule has 0 fully saturated rings. The Balaban J connectivity index is 1.54. The number of aryl methyl sites for hydroxylation is 3. The number of hydrogen-bond acceptors (Lipinski definition) is 0. The molecule has 0 radical (unpaired) electrons. The molecule has 0 N–H and O–H groups in total. The van der Waals surface area contributed by atoms with Crippen LogP contribution in [0.15, 0.2) is 109 Å². The number of benzene rings is 7. The second-order valence-corrected chi connectivity index (χ2v) is 11.1. The summed E-state index contributed by atoms with van der Waals surface area (Å²) in [5, 5.41) is 8.22. The summed E-state index contributed by atoms with van der Waals surface area (Å²) in [5.41, 5.74) is 13.6. The van der Waals surface area contributed by atoms with E-state index in [1.54, 1.807) is 0 Å². The lowest BCUT2D eigenvalue weighted by Gasteiger charge is -2.29. The normalized spacial score (nSPS) is 12.6. The molecule has 1 aliphatic rings. The summed E-state index contributed by atoms with van der Waals surface area (Å²) in [6, 6.07) is 41.2. The van der Waals surface area contributed by atoms with Crippen LogP contribution in [-0.2, 0) is 0 Å². The SMILES string of the molecule is Cc1cc(C)c(-c2ccc3cc4c5c(ccc6ccc2c3c65)B(c2ccccc2)c2ccccc2-4)c(C)c1. The molecule has 0 unspecified atom stereocenters. The molecule has 7 aromatic rings. The first-order valence-corrected chi connectivity index (χ1v) is 13.6. The molecule has 0 atom stereocenters. The number of hydrogen-bond donors (Lipinski definition) is 0. The van der Waals surface area contributed by atoms with E-state index in [1.807, 2.05) is 0 Å². The molecule has 7 aromatic carbocycles. The maximum absolute atomic E-state index is 2.45. The standard InChI is InChI=1S/C37H27B/c1-22-19-23(2)34(24(3)20-22)29-17-14-26-21-31-28-11-7-8-12-32(28)38(27-9-5-4-6-10-27)33-18-15-25-13-16-30(29)35(26)36(25)37(31)33/h4-21H,1-3H3. The Kier molecular flexibility index (Phi) is 4.47. The zero-order chi connectivity index (χ0) is 25.5. The summed E-state index contributed by atoms with van der Waals surface area (Å²) in [4.78, 5) is 0. The predicted molar refractivity (Wildman–Crippen MR) is 166 cm³/mol. The van der Waals surface area contributed by atoms with Crippen LogP contribution in [0.2, 0.25) is 0 Å². The van der Waals surface area contributed by atoms with Crippen molar-refractivity contribution in [3.63, 3.8) is 0 Å². The minimum absolute atomic E-state index is 0.227. The van der Waals surface area contributed by atoms with Crippen LogP contribution >= 0.6 is 0 Å². The molecule has 0 saturated heterocycles. The average Bonchev–Trinajstić information content (AvgIpc) is 2.93. The molecule has 1 heteroatoms. The Hall–Kier alpha value is -4.36. The van der Waals surface area contributed by atoms with Crippen LogP contribution < -0.4 is 16.4 Å². The first-order chi connectivity index (χ1) is 18.6. The summed E-state index contributed by atoms with van der Waals surface area (Å²) in [6.07, 6.45) is 0. The van der Waals surface area contributed by atoms with Gasteiger partial charge in [-0.15, -0.1) is 0 Å². The maximum Gasteiger partial charge on any atom is 0.242 e.